The molecule has 3 rings (SSSR count). The summed E-state index contributed by atoms with van der Waals surface area (Å²) in [6, 6.07) is 1.91. The number of aromatic nitrogens is 2. The third-order valence-corrected chi connectivity index (χ3v) is 3.72. The van der Waals surface area contributed by atoms with Gasteiger partial charge in [-0.1, -0.05) is 17.7 Å². The number of rotatable bonds is 1. The first kappa shape index (κ1) is 14.9. The highest BCUT2D eigenvalue weighted by Gasteiger charge is 2.26. The standard InChI is InChI=1S/C16H18ClN3O2/c1-16(2,3)22-15(21)19-5-4-11(8-19)12-6-13(17)14-7-18-10-20(14)9-12/h4,6-7,9-10H,5,8H2,1-3H3. The number of pyridine rings is 1. The Balaban J connectivity index is 1.78. The Morgan fingerprint density at radius 3 is 2.91 bits per heavy atom. The van der Waals surface area contributed by atoms with Crippen LogP contribution < -0.4 is 0 Å². The molecule has 1 amide bonds. The van der Waals surface area contributed by atoms with E-state index in [9.17, 15) is 4.79 Å². The number of halogens is 1. The van der Waals surface area contributed by atoms with Crippen LogP contribution in [-0.4, -0.2) is 39.1 Å². The van der Waals surface area contributed by atoms with Gasteiger partial charge >= 0.3 is 6.09 Å². The van der Waals surface area contributed by atoms with Crippen LogP contribution in [0.25, 0.3) is 11.1 Å². The molecular weight excluding hydrogens is 302 g/mol. The molecule has 0 N–H and O–H groups in total. The summed E-state index contributed by atoms with van der Waals surface area (Å²) in [5.74, 6) is 0. The number of amides is 1. The smallest absolute Gasteiger partial charge is 0.410 e. The minimum Gasteiger partial charge on any atom is -0.444 e. The normalized spacial score (nSPS) is 15.3. The molecule has 0 bridgehead atoms. The Morgan fingerprint density at radius 1 is 1.41 bits per heavy atom. The Kier molecular flexibility index (Phi) is 3.60. The number of nitrogens with zero attached hydrogens (tertiary/aromatic N) is 3. The molecule has 2 aromatic rings. The zero-order chi connectivity index (χ0) is 15.9. The molecule has 3 heterocycles. The summed E-state index contributed by atoms with van der Waals surface area (Å²) in [6.45, 7) is 6.65. The minimum absolute atomic E-state index is 0.298. The van der Waals surface area contributed by atoms with Crippen LogP contribution in [0, 0.1) is 0 Å². The van der Waals surface area contributed by atoms with Crippen molar-refractivity contribution in [2.45, 2.75) is 26.4 Å². The summed E-state index contributed by atoms with van der Waals surface area (Å²) in [6.07, 6.45) is 7.14. The van der Waals surface area contributed by atoms with Gasteiger partial charge in [0, 0.05) is 19.3 Å². The second-order valence-electron chi connectivity index (χ2n) is 6.35. The third-order valence-electron chi connectivity index (χ3n) is 3.41. The summed E-state index contributed by atoms with van der Waals surface area (Å²) < 4.78 is 7.28. The first-order valence-electron chi connectivity index (χ1n) is 7.12. The first-order valence-corrected chi connectivity index (χ1v) is 7.50. The fourth-order valence-electron chi connectivity index (χ4n) is 2.40. The average molecular weight is 320 g/mol. The van der Waals surface area contributed by atoms with Gasteiger partial charge in [0.1, 0.15) is 5.60 Å². The predicted molar refractivity (Wildman–Crippen MR) is 86.0 cm³/mol. The number of ether oxygens (including phenoxy) is 1. The van der Waals surface area contributed by atoms with E-state index in [-0.39, 0.29) is 6.09 Å². The Hall–Kier alpha value is -2.01. The molecule has 5 nitrogen and oxygen atoms in total. The van der Waals surface area contributed by atoms with Crippen molar-refractivity contribution in [1.29, 1.82) is 0 Å². The van der Waals surface area contributed by atoms with Crippen LogP contribution in [0.15, 0.2) is 30.9 Å². The number of imidazole rings is 1. The highest BCUT2D eigenvalue weighted by Crippen LogP contribution is 2.27. The van der Waals surface area contributed by atoms with Crippen LogP contribution in [0.2, 0.25) is 5.02 Å². The topological polar surface area (TPSA) is 46.8 Å². The van der Waals surface area contributed by atoms with Crippen molar-refractivity contribution in [2.75, 3.05) is 13.1 Å². The van der Waals surface area contributed by atoms with Gasteiger partial charge in [0.25, 0.3) is 0 Å². The van der Waals surface area contributed by atoms with E-state index in [2.05, 4.69) is 4.98 Å². The van der Waals surface area contributed by atoms with E-state index in [1.54, 1.807) is 17.4 Å². The summed E-state index contributed by atoms with van der Waals surface area (Å²) in [5, 5.41) is 0.645. The maximum absolute atomic E-state index is 12.1. The van der Waals surface area contributed by atoms with E-state index in [4.69, 9.17) is 16.3 Å². The second-order valence-corrected chi connectivity index (χ2v) is 6.76. The lowest BCUT2D eigenvalue weighted by Crippen LogP contribution is -2.35. The van der Waals surface area contributed by atoms with Crippen molar-refractivity contribution in [2.24, 2.45) is 0 Å². The van der Waals surface area contributed by atoms with Crippen LogP contribution in [0.4, 0.5) is 4.79 Å². The molecule has 22 heavy (non-hydrogen) atoms. The van der Waals surface area contributed by atoms with E-state index in [0.29, 0.717) is 18.1 Å². The highest BCUT2D eigenvalue weighted by atomic mass is 35.5. The summed E-state index contributed by atoms with van der Waals surface area (Å²) >= 11 is 6.27. The average Bonchev–Trinajstić information content (AvgIpc) is 3.05. The number of carbonyl (C=O) groups excluding carboxylic acids is 1. The van der Waals surface area contributed by atoms with Gasteiger partial charge in [0.15, 0.2) is 0 Å². The van der Waals surface area contributed by atoms with Gasteiger partial charge in [0.05, 0.1) is 23.1 Å². The van der Waals surface area contributed by atoms with Gasteiger partial charge in [-0.15, -0.1) is 0 Å². The van der Waals surface area contributed by atoms with E-state index in [1.807, 2.05) is 43.5 Å². The van der Waals surface area contributed by atoms with Gasteiger partial charge in [0.2, 0.25) is 0 Å². The van der Waals surface area contributed by atoms with Crippen molar-refractivity contribution in [3.8, 4) is 0 Å². The van der Waals surface area contributed by atoms with E-state index in [0.717, 1.165) is 16.7 Å². The lowest BCUT2D eigenvalue weighted by atomic mass is 10.1. The van der Waals surface area contributed by atoms with Crippen molar-refractivity contribution in [3.63, 3.8) is 0 Å². The number of hydrogen-bond acceptors (Lipinski definition) is 3. The van der Waals surface area contributed by atoms with Crippen molar-refractivity contribution in [3.05, 3.63) is 41.4 Å². The fourth-order valence-corrected chi connectivity index (χ4v) is 2.66. The molecule has 0 aromatic carbocycles. The molecule has 0 unspecified atom stereocenters. The van der Waals surface area contributed by atoms with Crippen LogP contribution in [0.3, 0.4) is 0 Å². The largest absolute Gasteiger partial charge is 0.444 e. The number of fused-ring (bicyclic) bond motifs is 1. The lowest BCUT2D eigenvalue weighted by molar-refractivity contribution is 0.0306. The summed E-state index contributed by atoms with van der Waals surface area (Å²) in [4.78, 5) is 17.9. The maximum Gasteiger partial charge on any atom is 0.410 e. The summed E-state index contributed by atoms with van der Waals surface area (Å²) in [7, 11) is 0. The molecule has 1 aliphatic heterocycles. The highest BCUT2D eigenvalue weighted by molar-refractivity contribution is 6.34. The molecule has 0 atom stereocenters. The van der Waals surface area contributed by atoms with Gasteiger partial charge < -0.3 is 14.0 Å². The maximum atomic E-state index is 12.1. The van der Waals surface area contributed by atoms with E-state index in [1.165, 1.54) is 0 Å². The van der Waals surface area contributed by atoms with Crippen LogP contribution in [0.1, 0.15) is 26.3 Å². The van der Waals surface area contributed by atoms with E-state index >= 15 is 0 Å². The van der Waals surface area contributed by atoms with Crippen molar-refractivity contribution < 1.29 is 9.53 Å². The molecule has 0 spiro atoms. The van der Waals surface area contributed by atoms with E-state index < -0.39 is 5.60 Å². The van der Waals surface area contributed by atoms with Crippen LogP contribution in [0.5, 0.6) is 0 Å². The zero-order valence-electron chi connectivity index (χ0n) is 12.8. The van der Waals surface area contributed by atoms with Gasteiger partial charge in [-0.2, -0.15) is 0 Å². The van der Waals surface area contributed by atoms with Crippen molar-refractivity contribution in [1.82, 2.24) is 14.3 Å². The molecule has 2 aromatic heterocycles. The molecular formula is C16H18ClN3O2. The van der Waals surface area contributed by atoms with Crippen LogP contribution >= 0.6 is 11.6 Å². The molecule has 1 aliphatic rings. The van der Waals surface area contributed by atoms with Crippen LogP contribution in [-0.2, 0) is 4.74 Å². The molecule has 0 radical (unpaired) electrons. The lowest BCUT2D eigenvalue weighted by Gasteiger charge is -2.24. The predicted octanol–water partition coefficient (Wildman–Crippen LogP) is 3.62. The molecule has 0 saturated heterocycles. The number of carbonyl (C=O) groups is 1. The molecule has 0 saturated carbocycles. The summed E-state index contributed by atoms with van der Waals surface area (Å²) in [5.41, 5.74) is 2.43. The molecule has 6 heteroatoms. The molecule has 0 aliphatic carbocycles. The Bertz CT molecular complexity index is 758. The second kappa shape index (κ2) is 5.32. The first-order chi connectivity index (χ1) is 10.3. The zero-order valence-corrected chi connectivity index (χ0v) is 13.6. The van der Waals surface area contributed by atoms with Gasteiger partial charge in [-0.05, 0) is 38.0 Å². The number of hydrogen-bond donors (Lipinski definition) is 0. The fraction of sp³-hybridized carbons (Fsp3) is 0.375. The Labute approximate surface area is 134 Å². The Morgan fingerprint density at radius 2 is 2.18 bits per heavy atom. The van der Waals surface area contributed by atoms with Gasteiger partial charge in [-0.25, -0.2) is 9.78 Å². The molecule has 116 valence electrons. The SMILES string of the molecule is CC(C)(C)OC(=O)N1CC=C(c2cc(Cl)c3cncn3c2)C1. The molecule has 0 fully saturated rings. The monoisotopic (exact) mass is 319 g/mol. The van der Waals surface area contributed by atoms with Crippen molar-refractivity contribution >= 4 is 28.8 Å². The quantitative estimate of drug-likeness (QED) is 0.806. The minimum atomic E-state index is -0.487. The third kappa shape index (κ3) is 2.95. The van der Waals surface area contributed by atoms with Gasteiger partial charge in [-0.3, -0.25) is 0 Å².